The van der Waals surface area contributed by atoms with Crippen molar-refractivity contribution in [2.45, 2.75) is 58.4 Å². The van der Waals surface area contributed by atoms with Gasteiger partial charge in [0.2, 0.25) is 0 Å². The molecule has 0 saturated heterocycles. The Balaban J connectivity index is 1.94. The molecule has 1 aromatic heterocycles. The Hall–Kier alpha value is -0.410. The third-order valence-corrected chi connectivity index (χ3v) is 5.07. The fourth-order valence-electron chi connectivity index (χ4n) is 3.16. The molecule has 0 bridgehead atoms. The first-order valence-corrected chi connectivity index (χ1v) is 8.32. The van der Waals surface area contributed by atoms with Crippen molar-refractivity contribution in [1.29, 1.82) is 0 Å². The van der Waals surface area contributed by atoms with Gasteiger partial charge in [-0.1, -0.05) is 20.3 Å². The van der Waals surface area contributed by atoms with Crippen LogP contribution < -0.4 is 5.32 Å². The van der Waals surface area contributed by atoms with Crippen molar-refractivity contribution in [1.82, 2.24) is 10.3 Å². The highest BCUT2D eigenvalue weighted by Gasteiger charge is 2.29. The summed E-state index contributed by atoms with van der Waals surface area (Å²) in [5, 5.41) is 3.76. The molecule has 0 aliphatic heterocycles. The molecule has 0 aromatic carbocycles. The summed E-state index contributed by atoms with van der Waals surface area (Å²) >= 11 is 1.81. The lowest BCUT2D eigenvalue weighted by atomic mass is 9.75. The third kappa shape index (κ3) is 3.79. The van der Waals surface area contributed by atoms with Crippen LogP contribution in [0.2, 0.25) is 0 Å². The van der Waals surface area contributed by atoms with Gasteiger partial charge in [0.25, 0.3) is 0 Å². The number of nitrogens with zero attached hydrogens (tertiary/aromatic N) is 1. The molecular formula is C15H26N2S. The molecule has 1 saturated carbocycles. The molecule has 1 aliphatic carbocycles. The van der Waals surface area contributed by atoms with Gasteiger partial charge in [0, 0.05) is 17.1 Å². The van der Waals surface area contributed by atoms with Crippen molar-refractivity contribution in [2.75, 3.05) is 6.54 Å². The molecular weight excluding hydrogens is 240 g/mol. The van der Waals surface area contributed by atoms with Gasteiger partial charge in [-0.2, -0.15) is 0 Å². The summed E-state index contributed by atoms with van der Waals surface area (Å²) < 4.78 is 0. The smallest absolute Gasteiger partial charge is 0.0794 e. The van der Waals surface area contributed by atoms with E-state index in [0.29, 0.717) is 0 Å². The molecule has 1 aliphatic rings. The van der Waals surface area contributed by atoms with Gasteiger partial charge in [-0.3, -0.25) is 4.98 Å². The maximum absolute atomic E-state index is 4.21. The van der Waals surface area contributed by atoms with Gasteiger partial charge < -0.3 is 5.32 Å². The minimum Gasteiger partial charge on any atom is -0.314 e. The van der Waals surface area contributed by atoms with E-state index < -0.39 is 0 Å². The van der Waals surface area contributed by atoms with Crippen LogP contribution in [-0.4, -0.2) is 17.6 Å². The summed E-state index contributed by atoms with van der Waals surface area (Å²) in [5.74, 6) is 1.76. The SMILES string of the molecule is CCCNC1CCC(CC)CC1Cc1cncs1. The molecule has 18 heavy (non-hydrogen) atoms. The average molecular weight is 266 g/mol. The van der Waals surface area contributed by atoms with Crippen LogP contribution in [0.3, 0.4) is 0 Å². The van der Waals surface area contributed by atoms with E-state index in [1.165, 1.54) is 49.9 Å². The molecule has 1 fully saturated rings. The first kappa shape index (κ1) is 14.0. The lowest BCUT2D eigenvalue weighted by Crippen LogP contribution is -2.41. The monoisotopic (exact) mass is 266 g/mol. The van der Waals surface area contributed by atoms with Gasteiger partial charge in [-0.15, -0.1) is 11.3 Å². The summed E-state index contributed by atoms with van der Waals surface area (Å²) in [7, 11) is 0. The van der Waals surface area contributed by atoms with E-state index in [4.69, 9.17) is 0 Å². The van der Waals surface area contributed by atoms with Crippen molar-refractivity contribution in [2.24, 2.45) is 11.8 Å². The number of hydrogen-bond acceptors (Lipinski definition) is 3. The lowest BCUT2D eigenvalue weighted by molar-refractivity contribution is 0.199. The second-order valence-corrected chi connectivity index (χ2v) is 6.55. The Morgan fingerprint density at radius 2 is 2.28 bits per heavy atom. The van der Waals surface area contributed by atoms with Crippen LogP contribution in [-0.2, 0) is 6.42 Å². The molecule has 2 nitrogen and oxygen atoms in total. The van der Waals surface area contributed by atoms with E-state index in [0.717, 1.165) is 17.9 Å². The third-order valence-electron chi connectivity index (χ3n) is 4.27. The molecule has 1 heterocycles. The predicted octanol–water partition coefficient (Wildman–Crippen LogP) is 3.88. The van der Waals surface area contributed by atoms with Crippen LogP contribution in [0.4, 0.5) is 0 Å². The van der Waals surface area contributed by atoms with Crippen molar-refractivity contribution in [3.05, 3.63) is 16.6 Å². The highest BCUT2D eigenvalue weighted by Crippen LogP contribution is 2.34. The second kappa shape index (κ2) is 7.25. The Morgan fingerprint density at radius 3 is 2.94 bits per heavy atom. The molecule has 1 aromatic rings. The van der Waals surface area contributed by atoms with Crippen molar-refractivity contribution >= 4 is 11.3 Å². The van der Waals surface area contributed by atoms with E-state index >= 15 is 0 Å². The summed E-state index contributed by atoms with van der Waals surface area (Å²) in [6.07, 6.45) is 10.0. The van der Waals surface area contributed by atoms with Crippen LogP contribution in [0.25, 0.3) is 0 Å². The normalized spacial score (nSPS) is 28.4. The highest BCUT2D eigenvalue weighted by molar-refractivity contribution is 7.09. The van der Waals surface area contributed by atoms with Crippen LogP contribution in [0.15, 0.2) is 11.7 Å². The predicted molar refractivity (Wildman–Crippen MR) is 79.0 cm³/mol. The molecule has 0 radical (unpaired) electrons. The van der Waals surface area contributed by atoms with E-state index in [9.17, 15) is 0 Å². The quantitative estimate of drug-likeness (QED) is 0.845. The zero-order valence-corrected chi connectivity index (χ0v) is 12.5. The number of aromatic nitrogens is 1. The van der Waals surface area contributed by atoms with Crippen LogP contribution in [0, 0.1) is 11.8 Å². The van der Waals surface area contributed by atoms with Crippen LogP contribution in [0.5, 0.6) is 0 Å². The Bertz CT molecular complexity index is 323. The highest BCUT2D eigenvalue weighted by atomic mass is 32.1. The van der Waals surface area contributed by atoms with E-state index in [1.54, 1.807) is 0 Å². The van der Waals surface area contributed by atoms with Gasteiger partial charge in [0.05, 0.1) is 5.51 Å². The molecule has 1 N–H and O–H groups in total. The van der Waals surface area contributed by atoms with E-state index in [-0.39, 0.29) is 0 Å². The van der Waals surface area contributed by atoms with Gasteiger partial charge in [-0.05, 0) is 50.5 Å². The standard InChI is InChI=1S/C15H26N2S/c1-3-7-17-15-6-5-12(4-2)8-13(15)9-14-10-16-11-18-14/h10-13,15,17H,3-9H2,1-2H3. The van der Waals surface area contributed by atoms with Gasteiger partial charge in [-0.25, -0.2) is 0 Å². The molecule has 102 valence electrons. The number of nitrogens with one attached hydrogen (secondary N) is 1. The largest absolute Gasteiger partial charge is 0.314 e. The topological polar surface area (TPSA) is 24.9 Å². The maximum Gasteiger partial charge on any atom is 0.0794 e. The first-order chi connectivity index (χ1) is 8.83. The lowest BCUT2D eigenvalue weighted by Gasteiger charge is -2.36. The van der Waals surface area contributed by atoms with E-state index in [1.807, 2.05) is 16.8 Å². The zero-order valence-electron chi connectivity index (χ0n) is 11.7. The number of hydrogen-bond donors (Lipinski definition) is 1. The molecule has 0 spiro atoms. The van der Waals surface area contributed by atoms with Crippen molar-refractivity contribution in [3.63, 3.8) is 0 Å². The van der Waals surface area contributed by atoms with E-state index in [2.05, 4.69) is 30.3 Å². The van der Waals surface area contributed by atoms with Gasteiger partial charge in [0.1, 0.15) is 0 Å². The van der Waals surface area contributed by atoms with Crippen molar-refractivity contribution in [3.8, 4) is 0 Å². The number of rotatable bonds is 6. The maximum atomic E-state index is 4.21. The zero-order chi connectivity index (χ0) is 12.8. The van der Waals surface area contributed by atoms with Crippen LogP contribution in [0.1, 0.15) is 50.8 Å². The number of thiazole rings is 1. The van der Waals surface area contributed by atoms with Crippen molar-refractivity contribution < 1.29 is 0 Å². The fourth-order valence-corrected chi connectivity index (χ4v) is 3.85. The molecule has 2 rings (SSSR count). The Morgan fingerprint density at radius 1 is 1.39 bits per heavy atom. The molecule has 3 unspecified atom stereocenters. The Labute approximate surface area is 115 Å². The summed E-state index contributed by atoms with van der Waals surface area (Å²) in [4.78, 5) is 5.67. The van der Waals surface area contributed by atoms with Gasteiger partial charge >= 0.3 is 0 Å². The van der Waals surface area contributed by atoms with Crippen LogP contribution >= 0.6 is 11.3 Å². The van der Waals surface area contributed by atoms with Gasteiger partial charge in [0.15, 0.2) is 0 Å². The minimum atomic E-state index is 0.731. The first-order valence-electron chi connectivity index (χ1n) is 7.44. The molecule has 3 heteroatoms. The minimum absolute atomic E-state index is 0.731. The fraction of sp³-hybridized carbons (Fsp3) is 0.800. The average Bonchev–Trinajstić information content (AvgIpc) is 2.90. The second-order valence-electron chi connectivity index (χ2n) is 5.58. The summed E-state index contributed by atoms with van der Waals surface area (Å²) in [6.45, 7) is 5.76. The molecule has 0 amide bonds. The Kier molecular flexibility index (Phi) is 5.64. The summed E-state index contributed by atoms with van der Waals surface area (Å²) in [5.41, 5.74) is 1.96. The molecule has 3 atom stereocenters. The summed E-state index contributed by atoms with van der Waals surface area (Å²) in [6, 6.07) is 0.731.